The van der Waals surface area contributed by atoms with Crippen LogP contribution in [0.15, 0.2) is 30.3 Å². The van der Waals surface area contributed by atoms with E-state index in [2.05, 4.69) is 20.8 Å². The van der Waals surface area contributed by atoms with E-state index in [9.17, 15) is 9.59 Å². The normalized spacial score (nSPS) is 12.5. The average Bonchev–Trinajstić information content (AvgIpc) is 3.03. The SMILES string of the molecule is CC(=O)OC(C(=O)NCCc1ccccc1)c1nnnn1C(C)(C)C. The molecule has 1 aromatic carbocycles. The van der Waals surface area contributed by atoms with E-state index in [4.69, 9.17) is 4.74 Å². The molecule has 1 amide bonds. The molecule has 0 radical (unpaired) electrons. The Morgan fingerprint density at radius 2 is 1.92 bits per heavy atom. The van der Waals surface area contributed by atoms with Gasteiger partial charge in [-0.2, -0.15) is 0 Å². The molecule has 0 aliphatic carbocycles. The van der Waals surface area contributed by atoms with Crippen molar-refractivity contribution in [2.24, 2.45) is 0 Å². The van der Waals surface area contributed by atoms with Gasteiger partial charge in [-0.3, -0.25) is 9.59 Å². The minimum absolute atomic E-state index is 0.194. The fourth-order valence-electron chi connectivity index (χ4n) is 2.29. The maximum atomic E-state index is 12.5. The van der Waals surface area contributed by atoms with Gasteiger partial charge in [-0.15, -0.1) is 5.10 Å². The zero-order chi connectivity index (χ0) is 18.4. The highest BCUT2D eigenvalue weighted by molar-refractivity contribution is 5.83. The first-order valence-electron chi connectivity index (χ1n) is 8.06. The Morgan fingerprint density at radius 1 is 1.24 bits per heavy atom. The van der Waals surface area contributed by atoms with Crippen LogP contribution in [0.4, 0.5) is 0 Å². The first-order chi connectivity index (χ1) is 11.8. The third-order valence-electron chi connectivity index (χ3n) is 3.44. The highest BCUT2D eigenvalue weighted by atomic mass is 16.5. The van der Waals surface area contributed by atoms with Gasteiger partial charge in [-0.1, -0.05) is 30.3 Å². The zero-order valence-corrected chi connectivity index (χ0v) is 14.9. The van der Waals surface area contributed by atoms with Gasteiger partial charge in [0.2, 0.25) is 11.9 Å². The molecular formula is C17H23N5O3. The molecule has 0 bridgehead atoms. The first-order valence-corrected chi connectivity index (χ1v) is 8.06. The topological polar surface area (TPSA) is 99.0 Å². The van der Waals surface area contributed by atoms with Crippen LogP contribution in [0.25, 0.3) is 0 Å². The van der Waals surface area contributed by atoms with Crippen LogP contribution in [-0.2, 0) is 26.3 Å². The largest absolute Gasteiger partial charge is 0.444 e. The van der Waals surface area contributed by atoms with Crippen molar-refractivity contribution in [3.63, 3.8) is 0 Å². The van der Waals surface area contributed by atoms with Crippen molar-refractivity contribution in [3.8, 4) is 0 Å². The van der Waals surface area contributed by atoms with E-state index < -0.39 is 23.5 Å². The quantitative estimate of drug-likeness (QED) is 0.794. The summed E-state index contributed by atoms with van der Waals surface area (Å²) in [5.41, 5.74) is 0.646. The van der Waals surface area contributed by atoms with Crippen LogP contribution < -0.4 is 5.32 Å². The molecule has 8 heteroatoms. The van der Waals surface area contributed by atoms with Crippen LogP contribution >= 0.6 is 0 Å². The smallest absolute Gasteiger partial charge is 0.303 e. The lowest BCUT2D eigenvalue weighted by Crippen LogP contribution is -2.37. The molecular weight excluding hydrogens is 322 g/mol. The number of carbonyl (C=O) groups is 2. The number of nitrogens with zero attached hydrogens (tertiary/aromatic N) is 4. The van der Waals surface area contributed by atoms with E-state index in [0.29, 0.717) is 13.0 Å². The Morgan fingerprint density at radius 3 is 2.52 bits per heavy atom. The molecule has 2 aromatic rings. The molecule has 2 rings (SSSR count). The van der Waals surface area contributed by atoms with Crippen molar-refractivity contribution in [1.29, 1.82) is 0 Å². The highest BCUT2D eigenvalue weighted by Crippen LogP contribution is 2.21. The lowest BCUT2D eigenvalue weighted by atomic mass is 10.1. The molecule has 0 aliphatic heterocycles. The third kappa shape index (κ3) is 5.10. The van der Waals surface area contributed by atoms with E-state index in [1.807, 2.05) is 51.1 Å². The predicted octanol–water partition coefficient (Wildman–Crippen LogP) is 1.39. The molecule has 0 saturated heterocycles. The third-order valence-corrected chi connectivity index (χ3v) is 3.44. The second-order valence-corrected chi connectivity index (χ2v) is 6.64. The van der Waals surface area contributed by atoms with Gasteiger partial charge < -0.3 is 10.1 Å². The van der Waals surface area contributed by atoms with Gasteiger partial charge in [0.1, 0.15) is 0 Å². The number of hydrogen-bond acceptors (Lipinski definition) is 6. The summed E-state index contributed by atoms with van der Waals surface area (Å²) in [5, 5.41) is 14.2. The monoisotopic (exact) mass is 345 g/mol. The van der Waals surface area contributed by atoms with Crippen LogP contribution in [0.3, 0.4) is 0 Å². The molecule has 0 aliphatic rings. The first kappa shape index (κ1) is 18.6. The Labute approximate surface area is 146 Å². The number of benzene rings is 1. The van der Waals surface area contributed by atoms with Gasteiger partial charge in [0.15, 0.2) is 0 Å². The van der Waals surface area contributed by atoms with Gasteiger partial charge >= 0.3 is 5.97 Å². The van der Waals surface area contributed by atoms with Crippen molar-refractivity contribution in [3.05, 3.63) is 41.7 Å². The fourth-order valence-corrected chi connectivity index (χ4v) is 2.29. The number of nitrogens with one attached hydrogen (secondary N) is 1. The van der Waals surface area contributed by atoms with E-state index in [0.717, 1.165) is 5.56 Å². The average molecular weight is 345 g/mol. The van der Waals surface area contributed by atoms with E-state index in [1.54, 1.807) is 0 Å². The maximum absolute atomic E-state index is 12.5. The van der Waals surface area contributed by atoms with E-state index in [-0.39, 0.29) is 5.82 Å². The Bertz CT molecular complexity index is 721. The van der Waals surface area contributed by atoms with Crippen LogP contribution in [0.2, 0.25) is 0 Å². The molecule has 134 valence electrons. The summed E-state index contributed by atoms with van der Waals surface area (Å²) < 4.78 is 6.66. The van der Waals surface area contributed by atoms with Gasteiger partial charge in [0.25, 0.3) is 5.91 Å². The summed E-state index contributed by atoms with van der Waals surface area (Å²) in [4.78, 5) is 24.0. The number of esters is 1. The molecule has 1 N–H and O–H groups in total. The van der Waals surface area contributed by atoms with Crippen LogP contribution in [0, 0.1) is 0 Å². The van der Waals surface area contributed by atoms with Gasteiger partial charge in [-0.25, -0.2) is 4.68 Å². The maximum Gasteiger partial charge on any atom is 0.303 e. The van der Waals surface area contributed by atoms with Crippen molar-refractivity contribution in [2.75, 3.05) is 6.54 Å². The van der Waals surface area contributed by atoms with E-state index in [1.165, 1.54) is 11.6 Å². The lowest BCUT2D eigenvalue weighted by molar-refractivity contribution is -0.155. The number of amides is 1. The minimum atomic E-state index is -1.19. The van der Waals surface area contributed by atoms with Crippen molar-refractivity contribution in [1.82, 2.24) is 25.5 Å². The predicted molar refractivity (Wildman–Crippen MR) is 90.5 cm³/mol. The lowest BCUT2D eigenvalue weighted by Gasteiger charge is -2.23. The fraction of sp³-hybridized carbons (Fsp3) is 0.471. The number of aromatic nitrogens is 4. The molecule has 0 saturated carbocycles. The van der Waals surface area contributed by atoms with E-state index >= 15 is 0 Å². The molecule has 0 fully saturated rings. The number of ether oxygens (including phenoxy) is 1. The standard InChI is InChI=1S/C17H23N5O3/c1-12(23)25-14(15-19-20-21-22(15)17(2,3)4)16(24)18-11-10-13-8-6-5-7-9-13/h5-9,14H,10-11H2,1-4H3,(H,18,24). The number of carbonyl (C=O) groups excluding carboxylic acids is 2. The molecule has 1 atom stereocenters. The molecule has 1 heterocycles. The van der Waals surface area contributed by atoms with Crippen molar-refractivity contribution < 1.29 is 14.3 Å². The zero-order valence-electron chi connectivity index (χ0n) is 14.9. The van der Waals surface area contributed by atoms with Gasteiger partial charge in [0.05, 0.1) is 5.54 Å². The number of tetrazole rings is 1. The Kier molecular flexibility index (Phi) is 5.84. The summed E-state index contributed by atoms with van der Waals surface area (Å²) in [6, 6.07) is 9.78. The van der Waals surface area contributed by atoms with Crippen LogP contribution in [-0.4, -0.2) is 38.6 Å². The molecule has 1 unspecified atom stereocenters. The minimum Gasteiger partial charge on any atom is -0.444 e. The summed E-state index contributed by atoms with van der Waals surface area (Å²) >= 11 is 0. The van der Waals surface area contributed by atoms with Gasteiger partial charge in [-0.05, 0) is 43.2 Å². The number of rotatable bonds is 6. The summed E-state index contributed by atoms with van der Waals surface area (Å²) in [5.74, 6) is -0.835. The molecule has 0 spiro atoms. The molecule has 8 nitrogen and oxygen atoms in total. The summed E-state index contributed by atoms with van der Waals surface area (Å²) in [6.07, 6.45) is -0.522. The summed E-state index contributed by atoms with van der Waals surface area (Å²) in [7, 11) is 0. The Balaban J connectivity index is 2.10. The van der Waals surface area contributed by atoms with Crippen molar-refractivity contribution in [2.45, 2.75) is 45.8 Å². The molecule has 25 heavy (non-hydrogen) atoms. The van der Waals surface area contributed by atoms with Crippen LogP contribution in [0.5, 0.6) is 0 Å². The van der Waals surface area contributed by atoms with Crippen LogP contribution in [0.1, 0.15) is 45.2 Å². The van der Waals surface area contributed by atoms with Gasteiger partial charge in [0, 0.05) is 13.5 Å². The molecule has 1 aromatic heterocycles. The second kappa shape index (κ2) is 7.87. The number of hydrogen-bond donors (Lipinski definition) is 1. The van der Waals surface area contributed by atoms with Crippen molar-refractivity contribution >= 4 is 11.9 Å². The summed E-state index contributed by atoms with van der Waals surface area (Å²) in [6.45, 7) is 7.34. The highest BCUT2D eigenvalue weighted by Gasteiger charge is 2.33. The Hall–Kier alpha value is -2.77. The second-order valence-electron chi connectivity index (χ2n) is 6.64.